The Labute approximate surface area is 117 Å². The second-order valence-corrected chi connectivity index (χ2v) is 4.03. The van der Waals surface area contributed by atoms with Gasteiger partial charge in [0.2, 0.25) is 0 Å². The van der Waals surface area contributed by atoms with Crippen LogP contribution in [0.1, 0.15) is 5.56 Å². The predicted molar refractivity (Wildman–Crippen MR) is 74.2 cm³/mol. The monoisotopic (exact) mass is 293 g/mol. The Hall–Kier alpha value is -2.74. The van der Waals surface area contributed by atoms with Crippen molar-refractivity contribution in [2.45, 2.75) is 0 Å². The van der Waals surface area contributed by atoms with E-state index < -0.39 is 10.5 Å². The van der Waals surface area contributed by atoms with E-state index in [9.17, 15) is 14.9 Å². The molecule has 0 aliphatic carbocycles. The maximum Gasteiger partial charge on any atom is 0.285 e. The Morgan fingerprint density at radius 2 is 2.30 bits per heavy atom. The molecule has 2 N–H and O–H groups in total. The highest BCUT2D eigenvalue weighted by atomic mass is 35.5. The molecule has 0 aliphatic rings. The summed E-state index contributed by atoms with van der Waals surface area (Å²) in [5, 5.41) is 20.1. The Morgan fingerprint density at radius 3 is 3.05 bits per heavy atom. The lowest BCUT2D eigenvalue weighted by Crippen LogP contribution is -2.10. The number of non-ortho nitro benzene ring substituents is 1. The molecule has 0 saturated carbocycles. The van der Waals surface area contributed by atoms with Crippen molar-refractivity contribution in [2.24, 2.45) is 5.10 Å². The van der Waals surface area contributed by atoms with Crippen LogP contribution in [0.3, 0.4) is 0 Å². The van der Waals surface area contributed by atoms with Crippen LogP contribution in [0.2, 0.25) is 5.02 Å². The highest BCUT2D eigenvalue weighted by molar-refractivity contribution is 6.32. The standard InChI is InChI=1S/C11H8ClN5O3/c12-10-9(6-14-16-11(10)18)15-13-5-7-2-1-3-8(4-7)17(19)20/h1-6H,(H2,15,16,18)/b13-5-. The van der Waals surface area contributed by atoms with Crippen molar-refractivity contribution in [1.29, 1.82) is 0 Å². The number of rotatable bonds is 4. The molecule has 1 heterocycles. The Balaban J connectivity index is 2.14. The molecule has 0 atom stereocenters. The molecule has 0 saturated heterocycles. The fraction of sp³-hybridized carbons (Fsp3) is 0. The number of nitrogens with zero attached hydrogens (tertiary/aromatic N) is 3. The van der Waals surface area contributed by atoms with E-state index in [2.05, 4.69) is 20.7 Å². The number of nitro benzene ring substituents is 1. The second-order valence-electron chi connectivity index (χ2n) is 3.65. The van der Waals surface area contributed by atoms with Crippen LogP contribution in [-0.2, 0) is 0 Å². The maximum absolute atomic E-state index is 11.2. The van der Waals surface area contributed by atoms with Crippen LogP contribution in [-0.4, -0.2) is 21.3 Å². The SMILES string of the molecule is O=c1[nH]ncc(N/N=C\c2cccc([N+](=O)[O-])c2)c1Cl. The first-order valence-corrected chi connectivity index (χ1v) is 5.72. The van der Waals surface area contributed by atoms with Crippen LogP contribution in [0.25, 0.3) is 0 Å². The first-order valence-electron chi connectivity index (χ1n) is 5.34. The first-order chi connectivity index (χ1) is 9.58. The summed E-state index contributed by atoms with van der Waals surface area (Å²) in [4.78, 5) is 21.3. The summed E-state index contributed by atoms with van der Waals surface area (Å²) in [6.45, 7) is 0. The molecule has 1 aromatic heterocycles. The molecule has 102 valence electrons. The predicted octanol–water partition coefficient (Wildman–Crippen LogP) is 1.78. The van der Waals surface area contributed by atoms with Crippen LogP contribution >= 0.6 is 11.6 Å². The minimum atomic E-state index is -0.540. The second kappa shape index (κ2) is 5.93. The molecule has 0 aliphatic heterocycles. The van der Waals surface area contributed by atoms with Crippen LogP contribution in [0, 0.1) is 10.1 Å². The molecule has 0 amide bonds. The zero-order valence-electron chi connectivity index (χ0n) is 9.91. The zero-order chi connectivity index (χ0) is 14.5. The minimum absolute atomic E-state index is 0.0372. The van der Waals surface area contributed by atoms with Gasteiger partial charge in [-0.3, -0.25) is 20.3 Å². The summed E-state index contributed by atoms with van der Waals surface area (Å²) < 4.78 is 0. The molecule has 1 aromatic carbocycles. The van der Waals surface area contributed by atoms with Crippen molar-refractivity contribution in [3.8, 4) is 0 Å². The number of nitro groups is 1. The highest BCUT2D eigenvalue weighted by Gasteiger charge is 2.05. The maximum atomic E-state index is 11.2. The van der Waals surface area contributed by atoms with Gasteiger partial charge in [0.15, 0.2) is 0 Å². The van der Waals surface area contributed by atoms with Gasteiger partial charge in [0.25, 0.3) is 11.2 Å². The summed E-state index contributed by atoms with van der Waals surface area (Å²) in [7, 11) is 0. The van der Waals surface area contributed by atoms with Gasteiger partial charge in [-0.05, 0) is 0 Å². The molecular weight excluding hydrogens is 286 g/mol. The number of aromatic amines is 1. The van der Waals surface area contributed by atoms with E-state index >= 15 is 0 Å². The van der Waals surface area contributed by atoms with E-state index in [0.29, 0.717) is 5.56 Å². The number of benzene rings is 1. The van der Waals surface area contributed by atoms with E-state index in [1.807, 2.05) is 0 Å². The highest BCUT2D eigenvalue weighted by Crippen LogP contribution is 2.14. The van der Waals surface area contributed by atoms with Crippen LogP contribution < -0.4 is 11.0 Å². The molecule has 0 radical (unpaired) electrons. The summed E-state index contributed by atoms with van der Waals surface area (Å²) in [6, 6.07) is 5.93. The molecule has 0 spiro atoms. The number of hydrogen-bond acceptors (Lipinski definition) is 6. The van der Waals surface area contributed by atoms with E-state index in [1.165, 1.54) is 24.5 Å². The van der Waals surface area contributed by atoms with Gasteiger partial charge < -0.3 is 0 Å². The molecule has 0 fully saturated rings. The lowest BCUT2D eigenvalue weighted by molar-refractivity contribution is -0.384. The molecule has 0 bridgehead atoms. The molecule has 2 aromatic rings. The average molecular weight is 294 g/mol. The molecule has 9 heteroatoms. The van der Waals surface area contributed by atoms with Crippen LogP contribution in [0.15, 0.2) is 40.4 Å². The minimum Gasteiger partial charge on any atom is -0.275 e. The van der Waals surface area contributed by atoms with Crippen molar-refractivity contribution >= 4 is 29.2 Å². The molecule has 8 nitrogen and oxygen atoms in total. The topological polar surface area (TPSA) is 113 Å². The molecule has 20 heavy (non-hydrogen) atoms. The fourth-order valence-corrected chi connectivity index (χ4v) is 1.49. The molecule has 0 unspecified atom stereocenters. The average Bonchev–Trinajstić information content (AvgIpc) is 2.44. The lowest BCUT2D eigenvalue weighted by atomic mass is 10.2. The van der Waals surface area contributed by atoms with E-state index in [4.69, 9.17) is 11.6 Å². The number of H-pyrrole nitrogens is 1. The first kappa shape index (κ1) is 13.7. The van der Waals surface area contributed by atoms with Crippen molar-refractivity contribution in [3.05, 3.63) is 61.5 Å². The summed E-state index contributed by atoms with van der Waals surface area (Å²) in [5.74, 6) is 0. The van der Waals surface area contributed by atoms with Gasteiger partial charge in [-0.15, -0.1) is 0 Å². The summed E-state index contributed by atoms with van der Waals surface area (Å²) >= 11 is 5.73. The number of aromatic nitrogens is 2. The number of halogens is 1. The van der Waals surface area contributed by atoms with E-state index in [1.54, 1.807) is 12.1 Å². The van der Waals surface area contributed by atoms with Gasteiger partial charge in [-0.1, -0.05) is 23.7 Å². The number of hydrazone groups is 1. The summed E-state index contributed by atoms with van der Waals surface area (Å²) in [5.41, 5.74) is 2.72. The van der Waals surface area contributed by atoms with Gasteiger partial charge in [-0.2, -0.15) is 10.2 Å². The van der Waals surface area contributed by atoms with E-state index in [-0.39, 0.29) is 16.4 Å². The van der Waals surface area contributed by atoms with Gasteiger partial charge in [0, 0.05) is 17.7 Å². The Bertz CT molecular complexity index is 728. The van der Waals surface area contributed by atoms with Crippen molar-refractivity contribution < 1.29 is 4.92 Å². The number of hydrogen-bond donors (Lipinski definition) is 2. The van der Waals surface area contributed by atoms with Gasteiger partial charge in [0.1, 0.15) is 10.7 Å². The van der Waals surface area contributed by atoms with Crippen molar-refractivity contribution in [1.82, 2.24) is 10.2 Å². The fourth-order valence-electron chi connectivity index (χ4n) is 1.36. The Morgan fingerprint density at radius 1 is 1.50 bits per heavy atom. The zero-order valence-corrected chi connectivity index (χ0v) is 10.7. The third-order valence-electron chi connectivity index (χ3n) is 2.28. The van der Waals surface area contributed by atoms with Gasteiger partial charge >= 0.3 is 0 Å². The lowest BCUT2D eigenvalue weighted by Gasteiger charge is -2.00. The normalized spacial score (nSPS) is 10.7. The third kappa shape index (κ3) is 3.18. The number of anilines is 1. The quantitative estimate of drug-likeness (QED) is 0.507. The van der Waals surface area contributed by atoms with Crippen molar-refractivity contribution in [3.63, 3.8) is 0 Å². The molecular formula is C11H8ClN5O3. The smallest absolute Gasteiger partial charge is 0.275 e. The van der Waals surface area contributed by atoms with Gasteiger partial charge in [0.05, 0.1) is 17.3 Å². The Kier molecular flexibility index (Phi) is 4.06. The largest absolute Gasteiger partial charge is 0.285 e. The summed E-state index contributed by atoms with van der Waals surface area (Å²) in [6.07, 6.45) is 2.67. The van der Waals surface area contributed by atoms with Crippen LogP contribution in [0.5, 0.6) is 0 Å². The van der Waals surface area contributed by atoms with Crippen molar-refractivity contribution in [2.75, 3.05) is 5.43 Å². The third-order valence-corrected chi connectivity index (χ3v) is 2.65. The van der Waals surface area contributed by atoms with E-state index in [0.717, 1.165) is 0 Å². The van der Waals surface area contributed by atoms with Gasteiger partial charge in [-0.25, -0.2) is 5.10 Å². The van der Waals surface area contributed by atoms with Crippen LogP contribution in [0.4, 0.5) is 11.4 Å². The molecule has 2 rings (SSSR count). The number of nitrogens with one attached hydrogen (secondary N) is 2.